The lowest BCUT2D eigenvalue weighted by atomic mass is 9.95. The molecule has 3 N–H and O–H groups in total. The summed E-state index contributed by atoms with van der Waals surface area (Å²) in [7, 11) is 0. The number of hydrogen-bond acceptors (Lipinski definition) is 4. The van der Waals surface area contributed by atoms with Crippen molar-refractivity contribution in [1.29, 1.82) is 0 Å². The van der Waals surface area contributed by atoms with Gasteiger partial charge in [0.25, 0.3) is 0 Å². The average Bonchev–Trinajstić information content (AvgIpc) is 2.55. The monoisotopic (exact) mass is 325 g/mol. The zero-order chi connectivity index (χ0) is 16.8. The number of aliphatic carboxylic acids is 1. The lowest BCUT2D eigenvalue weighted by Gasteiger charge is -2.33. The van der Waals surface area contributed by atoms with Crippen LogP contribution in [0.5, 0.6) is 0 Å². The van der Waals surface area contributed by atoms with Crippen LogP contribution in [-0.2, 0) is 9.59 Å². The van der Waals surface area contributed by atoms with E-state index in [1.807, 2.05) is 4.90 Å². The molecule has 1 saturated heterocycles. The molecule has 1 saturated carbocycles. The summed E-state index contributed by atoms with van der Waals surface area (Å²) in [5.74, 6) is -1.42. The Morgan fingerprint density at radius 3 is 2.22 bits per heavy atom. The van der Waals surface area contributed by atoms with Gasteiger partial charge in [-0.25, -0.2) is 4.79 Å². The molecule has 0 aromatic rings. The Balaban J connectivity index is 1.74. The molecule has 23 heavy (non-hydrogen) atoms. The standard InChI is InChI=1S/C16H27N3O4/c1-11(19-9-7-12(8-10-19)15(21)22)14(20)18-16(23)17-13-5-3-2-4-6-13/h11-13H,2-10H2,1H3,(H,21,22)(H2,17,18,20,23). The van der Waals surface area contributed by atoms with Crippen molar-refractivity contribution >= 4 is 17.9 Å². The maximum Gasteiger partial charge on any atom is 0.321 e. The van der Waals surface area contributed by atoms with Crippen LogP contribution >= 0.6 is 0 Å². The molecule has 0 spiro atoms. The smallest absolute Gasteiger partial charge is 0.321 e. The van der Waals surface area contributed by atoms with Crippen molar-refractivity contribution in [1.82, 2.24) is 15.5 Å². The first-order chi connectivity index (χ1) is 11.0. The fourth-order valence-electron chi connectivity index (χ4n) is 3.38. The van der Waals surface area contributed by atoms with Crippen LogP contribution in [0.25, 0.3) is 0 Å². The molecule has 0 aromatic heterocycles. The second-order valence-corrected chi connectivity index (χ2v) is 6.62. The molecule has 0 radical (unpaired) electrons. The highest BCUT2D eigenvalue weighted by Gasteiger charge is 2.30. The first kappa shape index (κ1) is 17.7. The normalized spacial score (nSPS) is 22.3. The van der Waals surface area contributed by atoms with E-state index in [1.165, 1.54) is 6.42 Å². The molecule has 2 rings (SSSR count). The summed E-state index contributed by atoms with van der Waals surface area (Å²) >= 11 is 0. The maximum atomic E-state index is 12.2. The van der Waals surface area contributed by atoms with E-state index in [4.69, 9.17) is 5.11 Å². The van der Waals surface area contributed by atoms with Gasteiger partial charge in [-0.3, -0.25) is 19.8 Å². The molecule has 1 aliphatic carbocycles. The van der Waals surface area contributed by atoms with Gasteiger partial charge in [0.15, 0.2) is 0 Å². The molecule has 0 aromatic carbocycles. The Morgan fingerprint density at radius 2 is 1.65 bits per heavy atom. The number of piperidine rings is 1. The summed E-state index contributed by atoms with van der Waals surface area (Å²) in [6.45, 7) is 2.88. The number of carbonyl (C=O) groups excluding carboxylic acids is 2. The molecule has 1 atom stereocenters. The lowest BCUT2D eigenvalue weighted by molar-refractivity contribution is -0.143. The largest absolute Gasteiger partial charge is 0.481 e. The van der Waals surface area contributed by atoms with E-state index in [9.17, 15) is 14.4 Å². The van der Waals surface area contributed by atoms with Crippen molar-refractivity contribution in [3.05, 3.63) is 0 Å². The van der Waals surface area contributed by atoms with Crippen LogP contribution in [0.4, 0.5) is 4.79 Å². The van der Waals surface area contributed by atoms with E-state index in [0.717, 1.165) is 25.7 Å². The van der Waals surface area contributed by atoms with Gasteiger partial charge in [-0.2, -0.15) is 0 Å². The van der Waals surface area contributed by atoms with Crippen molar-refractivity contribution in [3.63, 3.8) is 0 Å². The SMILES string of the molecule is CC(C(=O)NC(=O)NC1CCCCC1)N1CCC(C(=O)O)CC1. The molecule has 2 fully saturated rings. The number of urea groups is 1. The number of imide groups is 1. The predicted octanol–water partition coefficient (Wildman–Crippen LogP) is 1.33. The highest BCUT2D eigenvalue weighted by molar-refractivity contribution is 5.96. The van der Waals surface area contributed by atoms with Crippen LogP contribution in [0.2, 0.25) is 0 Å². The minimum absolute atomic E-state index is 0.165. The number of carbonyl (C=O) groups is 3. The number of likely N-dealkylation sites (tertiary alicyclic amines) is 1. The summed E-state index contributed by atoms with van der Waals surface area (Å²) in [6.07, 6.45) is 6.48. The van der Waals surface area contributed by atoms with Gasteiger partial charge in [0.05, 0.1) is 12.0 Å². The minimum atomic E-state index is -0.770. The van der Waals surface area contributed by atoms with Gasteiger partial charge in [-0.15, -0.1) is 0 Å². The van der Waals surface area contributed by atoms with Crippen molar-refractivity contribution in [2.45, 2.75) is 64.0 Å². The molecule has 7 nitrogen and oxygen atoms in total. The Bertz CT molecular complexity index is 441. The predicted molar refractivity (Wildman–Crippen MR) is 84.9 cm³/mol. The number of nitrogens with one attached hydrogen (secondary N) is 2. The Labute approximate surface area is 136 Å². The number of hydrogen-bond donors (Lipinski definition) is 3. The second-order valence-electron chi connectivity index (χ2n) is 6.62. The van der Waals surface area contributed by atoms with E-state index in [0.29, 0.717) is 25.9 Å². The molecule has 2 aliphatic rings. The molecule has 1 aliphatic heterocycles. The Morgan fingerprint density at radius 1 is 1.04 bits per heavy atom. The van der Waals surface area contributed by atoms with Crippen LogP contribution in [0.15, 0.2) is 0 Å². The van der Waals surface area contributed by atoms with Gasteiger partial charge in [-0.05, 0) is 45.7 Å². The lowest BCUT2D eigenvalue weighted by Crippen LogP contribution is -2.53. The van der Waals surface area contributed by atoms with E-state index in [-0.39, 0.29) is 17.9 Å². The highest BCUT2D eigenvalue weighted by Crippen LogP contribution is 2.19. The second kappa shape index (κ2) is 8.29. The van der Waals surface area contributed by atoms with Gasteiger partial charge in [0, 0.05) is 6.04 Å². The van der Waals surface area contributed by atoms with Gasteiger partial charge < -0.3 is 10.4 Å². The Kier molecular flexibility index (Phi) is 6.38. The van der Waals surface area contributed by atoms with Crippen LogP contribution in [0.1, 0.15) is 51.9 Å². The third-order valence-corrected chi connectivity index (χ3v) is 4.98. The molecule has 3 amide bonds. The Hall–Kier alpha value is -1.63. The molecular formula is C16H27N3O4. The van der Waals surface area contributed by atoms with E-state index in [1.54, 1.807) is 6.92 Å². The quantitative estimate of drug-likeness (QED) is 0.724. The zero-order valence-electron chi connectivity index (χ0n) is 13.7. The maximum absolute atomic E-state index is 12.2. The first-order valence-electron chi connectivity index (χ1n) is 8.55. The summed E-state index contributed by atoms with van der Waals surface area (Å²) < 4.78 is 0. The van der Waals surface area contributed by atoms with Crippen LogP contribution in [-0.4, -0.2) is 53.1 Å². The third-order valence-electron chi connectivity index (χ3n) is 4.98. The van der Waals surface area contributed by atoms with E-state index >= 15 is 0 Å². The van der Waals surface area contributed by atoms with Gasteiger partial charge in [0.2, 0.25) is 5.91 Å². The van der Waals surface area contributed by atoms with Crippen LogP contribution < -0.4 is 10.6 Å². The highest BCUT2D eigenvalue weighted by atomic mass is 16.4. The minimum Gasteiger partial charge on any atom is -0.481 e. The number of carboxylic acid groups (broad SMARTS) is 1. The summed E-state index contributed by atoms with van der Waals surface area (Å²) in [5.41, 5.74) is 0. The summed E-state index contributed by atoms with van der Waals surface area (Å²) in [4.78, 5) is 37.0. The molecule has 1 heterocycles. The fourth-order valence-corrected chi connectivity index (χ4v) is 3.38. The number of nitrogens with zero attached hydrogens (tertiary/aromatic N) is 1. The third kappa shape index (κ3) is 5.20. The summed E-state index contributed by atoms with van der Waals surface area (Å²) in [5, 5.41) is 14.3. The van der Waals surface area contributed by atoms with Gasteiger partial charge >= 0.3 is 12.0 Å². The van der Waals surface area contributed by atoms with Crippen molar-refractivity contribution in [2.75, 3.05) is 13.1 Å². The number of amides is 3. The van der Waals surface area contributed by atoms with Crippen LogP contribution in [0.3, 0.4) is 0 Å². The first-order valence-corrected chi connectivity index (χ1v) is 8.55. The van der Waals surface area contributed by atoms with Crippen molar-refractivity contribution in [2.24, 2.45) is 5.92 Å². The molecule has 7 heteroatoms. The van der Waals surface area contributed by atoms with E-state index in [2.05, 4.69) is 10.6 Å². The average molecular weight is 325 g/mol. The number of carboxylic acids is 1. The van der Waals surface area contributed by atoms with Gasteiger partial charge in [0.1, 0.15) is 0 Å². The van der Waals surface area contributed by atoms with Crippen molar-refractivity contribution in [3.8, 4) is 0 Å². The molecule has 0 bridgehead atoms. The molecule has 130 valence electrons. The zero-order valence-corrected chi connectivity index (χ0v) is 13.7. The molecular weight excluding hydrogens is 298 g/mol. The van der Waals surface area contributed by atoms with E-state index < -0.39 is 18.0 Å². The van der Waals surface area contributed by atoms with Crippen LogP contribution in [0, 0.1) is 5.92 Å². The molecule has 1 unspecified atom stereocenters. The van der Waals surface area contributed by atoms with Crippen molar-refractivity contribution < 1.29 is 19.5 Å². The van der Waals surface area contributed by atoms with Gasteiger partial charge in [-0.1, -0.05) is 19.3 Å². The summed E-state index contributed by atoms with van der Waals surface area (Å²) in [6, 6.07) is -0.686. The fraction of sp³-hybridized carbons (Fsp3) is 0.812. The topological polar surface area (TPSA) is 98.7 Å². The number of rotatable bonds is 4.